The molecule has 0 unspecified atom stereocenters. The van der Waals surface area contributed by atoms with Crippen molar-refractivity contribution in [3.63, 3.8) is 0 Å². The van der Waals surface area contributed by atoms with E-state index in [1.54, 1.807) is 6.08 Å². The Kier molecular flexibility index (Phi) is 5.63. The Bertz CT molecular complexity index is 367. The van der Waals surface area contributed by atoms with Crippen LogP contribution in [-0.4, -0.2) is 21.8 Å². The lowest BCUT2D eigenvalue weighted by molar-refractivity contribution is 0.489. The van der Waals surface area contributed by atoms with Gasteiger partial charge in [-0.05, 0) is 16.5 Å². The summed E-state index contributed by atoms with van der Waals surface area (Å²) in [7, 11) is -5.76. The van der Waals surface area contributed by atoms with Crippen LogP contribution in [0.4, 0.5) is 0 Å². The van der Waals surface area contributed by atoms with Crippen LogP contribution >= 0.6 is 0 Å². The van der Waals surface area contributed by atoms with Crippen LogP contribution in [0.1, 0.15) is 48.5 Å². The van der Waals surface area contributed by atoms with E-state index in [2.05, 4.69) is 0 Å². The summed E-state index contributed by atoms with van der Waals surface area (Å²) in [6, 6.07) is 0. The van der Waals surface area contributed by atoms with E-state index >= 15 is 0 Å². The monoisotopic (exact) mass is 278 g/mol. The highest BCUT2D eigenvalue weighted by Gasteiger charge is 2.32. The summed E-state index contributed by atoms with van der Waals surface area (Å²) >= 11 is 0. The first-order valence-corrected chi connectivity index (χ1v) is 9.41. The summed E-state index contributed by atoms with van der Waals surface area (Å²) in [6.45, 7) is 14.0. The lowest BCUT2D eigenvalue weighted by Crippen LogP contribution is -2.30. The molecule has 0 aromatic rings. The molecule has 0 rings (SSSR count). The highest BCUT2D eigenvalue weighted by Crippen LogP contribution is 2.32. The topological polar surface area (TPSA) is 54.4 Å². The fraction of sp³-hybridized carbons (Fsp3) is 0.833. The van der Waals surface area contributed by atoms with Crippen LogP contribution in [0.3, 0.4) is 0 Å². The second kappa shape index (κ2) is 5.67. The molecule has 5 heteroatoms. The minimum atomic E-state index is -4.06. The molecule has 0 saturated carbocycles. The number of allylic oxidation sites excluding steroid dienone is 1. The lowest BCUT2D eigenvalue weighted by atomic mass is 9.98. The predicted octanol–water partition coefficient (Wildman–Crippen LogP) is 3.39. The minimum Gasteiger partial charge on any atom is -0.282 e. The van der Waals surface area contributed by atoms with E-state index in [0.29, 0.717) is 15.6 Å². The first kappa shape index (κ1) is 16.9. The molecule has 0 aromatic heterocycles. The molecule has 0 aromatic carbocycles. The molecule has 3 nitrogen and oxygen atoms in total. The summed E-state index contributed by atoms with van der Waals surface area (Å²) in [4.78, 5) is 0. The molecule has 0 aliphatic carbocycles. The molecule has 17 heavy (non-hydrogen) atoms. The molecule has 0 saturated heterocycles. The normalized spacial score (nSPS) is 15.1. The zero-order chi connectivity index (χ0) is 14.0. The average molecular weight is 278 g/mol. The number of hydrogen-bond donors (Lipinski definition) is 1. The third-order valence-corrected chi connectivity index (χ3v) is 8.76. The van der Waals surface area contributed by atoms with E-state index in [1.165, 1.54) is 0 Å². The molecule has 102 valence electrons. The van der Waals surface area contributed by atoms with Gasteiger partial charge in [-0.15, -0.1) is 0 Å². The first-order chi connectivity index (χ1) is 7.36. The SMILES string of the molecule is CC(C)[SiH](C(=CC(C)(C)C)S(=O)(=O)O)C(C)C. The second-order valence-corrected chi connectivity index (χ2v) is 12.6. The maximum atomic E-state index is 11.6. The fourth-order valence-electron chi connectivity index (χ4n) is 2.20. The van der Waals surface area contributed by atoms with Crippen LogP contribution < -0.4 is 0 Å². The van der Waals surface area contributed by atoms with Crippen LogP contribution in [0, 0.1) is 5.41 Å². The van der Waals surface area contributed by atoms with E-state index in [9.17, 15) is 13.0 Å². The van der Waals surface area contributed by atoms with Gasteiger partial charge in [-0.3, -0.25) is 4.55 Å². The molecule has 0 radical (unpaired) electrons. The third-order valence-electron chi connectivity index (χ3n) is 2.64. The molecule has 0 aliphatic heterocycles. The van der Waals surface area contributed by atoms with Crippen molar-refractivity contribution in [3.8, 4) is 0 Å². The maximum absolute atomic E-state index is 11.6. The van der Waals surface area contributed by atoms with Crippen LogP contribution in [0.15, 0.2) is 10.6 Å². The third kappa shape index (κ3) is 5.83. The van der Waals surface area contributed by atoms with Crippen molar-refractivity contribution in [3.05, 3.63) is 10.6 Å². The maximum Gasteiger partial charge on any atom is 0.286 e. The molecule has 0 atom stereocenters. The Morgan fingerprint density at radius 2 is 1.47 bits per heavy atom. The molecule has 0 fully saturated rings. The standard InChI is InChI=1S/C12H26O3SSi/c1-9(2)17(10(3)4)11(16(13,14)15)8-12(5,6)7/h8-10,17H,1-7H3,(H,13,14,15). The lowest BCUT2D eigenvalue weighted by Gasteiger charge is -2.26. The summed E-state index contributed by atoms with van der Waals surface area (Å²) in [5, 5.41) is 0. The molecular weight excluding hydrogens is 252 g/mol. The van der Waals surface area contributed by atoms with Gasteiger partial charge in [-0.25, -0.2) is 0 Å². The van der Waals surface area contributed by atoms with Crippen LogP contribution in [0.25, 0.3) is 0 Å². The Labute approximate surface area is 108 Å². The van der Waals surface area contributed by atoms with Gasteiger partial charge in [-0.1, -0.05) is 54.5 Å². The van der Waals surface area contributed by atoms with Gasteiger partial charge in [-0.2, -0.15) is 8.42 Å². The van der Waals surface area contributed by atoms with Crippen molar-refractivity contribution in [1.29, 1.82) is 0 Å². The van der Waals surface area contributed by atoms with Crippen LogP contribution in [0.5, 0.6) is 0 Å². The first-order valence-electron chi connectivity index (χ1n) is 6.06. The van der Waals surface area contributed by atoms with Crippen molar-refractivity contribution in [2.45, 2.75) is 59.5 Å². The van der Waals surface area contributed by atoms with E-state index < -0.39 is 18.9 Å². The smallest absolute Gasteiger partial charge is 0.282 e. The predicted molar refractivity (Wildman–Crippen MR) is 76.4 cm³/mol. The van der Waals surface area contributed by atoms with Gasteiger partial charge < -0.3 is 0 Å². The highest BCUT2D eigenvalue weighted by atomic mass is 32.2. The molecule has 0 aliphatic rings. The Morgan fingerprint density at radius 3 is 1.65 bits per heavy atom. The van der Waals surface area contributed by atoms with Gasteiger partial charge in [0.05, 0.1) is 8.80 Å². The van der Waals surface area contributed by atoms with E-state index in [-0.39, 0.29) is 5.41 Å². The highest BCUT2D eigenvalue weighted by molar-refractivity contribution is 7.92. The summed E-state index contributed by atoms with van der Waals surface area (Å²) < 4.78 is 32.9. The van der Waals surface area contributed by atoms with Gasteiger partial charge in [0, 0.05) is 4.53 Å². The quantitative estimate of drug-likeness (QED) is 0.633. The Morgan fingerprint density at radius 1 is 1.12 bits per heavy atom. The van der Waals surface area contributed by atoms with Gasteiger partial charge in [0.1, 0.15) is 0 Å². The number of rotatable bonds is 4. The summed E-state index contributed by atoms with van der Waals surface area (Å²) in [5.74, 6) is 0. The molecular formula is C12H26O3SSi. The number of hydrogen-bond acceptors (Lipinski definition) is 2. The molecule has 1 N–H and O–H groups in total. The summed E-state index contributed by atoms with van der Waals surface area (Å²) in [6.07, 6.45) is 1.74. The zero-order valence-corrected chi connectivity index (χ0v) is 14.0. The summed E-state index contributed by atoms with van der Waals surface area (Å²) in [5.41, 5.74) is 0.385. The van der Waals surface area contributed by atoms with E-state index in [4.69, 9.17) is 0 Å². The van der Waals surface area contributed by atoms with Gasteiger partial charge in [0.25, 0.3) is 10.1 Å². The van der Waals surface area contributed by atoms with Crippen molar-refractivity contribution < 1.29 is 13.0 Å². The van der Waals surface area contributed by atoms with Gasteiger partial charge >= 0.3 is 0 Å². The van der Waals surface area contributed by atoms with Crippen LogP contribution in [0.2, 0.25) is 11.1 Å². The van der Waals surface area contributed by atoms with Gasteiger partial charge in [0.2, 0.25) is 0 Å². The van der Waals surface area contributed by atoms with E-state index in [0.717, 1.165) is 0 Å². The fourth-order valence-corrected chi connectivity index (χ4v) is 9.25. The molecule has 0 bridgehead atoms. The van der Waals surface area contributed by atoms with Crippen molar-refractivity contribution >= 4 is 18.9 Å². The zero-order valence-electron chi connectivity index (χ0n) is 12.0. The second-order valence-electron chi connectivity index (χ2n) is 6.40. The largest absolute Gasteiger partial charge is 0.286 e. The van der Waals surface area contributed by atoms with E-state index in [1.807, 2.05) is 48.5 Å². The van der Waals surface area contributed by atoms with Crippen molar-refractivity contribution in [2.24, 2.45) is 5.41 Å². The Balaban J connectivity index is 5.72. The van der Waals surface area contributed by atoms with Gasteiger partial charge in [0.15, 0.2) is 0 Å². The minimum absolute atomic E-state index is 0.236. The van der Waals surface area contributed by atoms with Crippen molar-refractivity contribution in [1.82, 2.24) is 0 Å². The molecule has 0 spiro atoms. The van der Waals surface area contributed by atoms with Crippen molar-refractivity contribution in [2.75, 3.05) is 0 Å². The molecule has 0 heterocycles. The van der Waals surface area contributed by atoms with Crippen LogP contribution in [-0.2, 0) is 10.1 Å². The Hall–Kier alpha value is -0.133. The average Bonchev–Trinajstić information content (AvgIpc) is 1.96. The molecule has 0 amide bonds.